The third-order valence-electron chi connectivity index (χ3n) is 2.28. The minimum atomic E-state index is -0.0612. The molecular formula is C12H14N2OS. The number of anilines is 1. The van der Waals surface area contributed by atoms with Crippen LogP contribution in [-0.4, -0.2) is 17.4 Å². The molecule has 84 valence electrons. The van der Waals surface area contributed by atoms with Crippen LogP contribution < -0.4 is 5.32 Å². The topological polar surface area (TPSA) is 52.9 Å². The fourth-order valence-corrected chi connectivity index (χ4v) is 1.71. The molecule has 1 rings (SSSR count). The molecule has 16 heavy (non-hydrogen) atoms. The standard InChI is InChI=1S/C12H14N2OS/c1-9-4-3-5-11(10(9)2)14-12(15)8-16-7-6-13/h3-5H,7-8H2,1-2H3,(H,14,15). The van der Waals surface area contributed by atoms with E-state index in [2.05, 4.69) is 5.32 Å². The average molecular weight is 234 g/mol. The summed E-state index contributed by atoms with van der Waals surface area (Å²) in [5, 5.41) is 11.2. The first-order valence-electron chi connectivity index (χ1n) is 4.96. The fraction of sp³-hybridized carbons (Fsp3) is 0.333. The zero-order chi connectivity index (χ0) is 12.0. The van der Waals surface area contributed by atoms with Crippen LogP contribution in [0.15, 0.2) is 18.2 Å². The van der Waals surface area contributed by atoms with E-state index in [1.807, 2.05) is 38.1 Å². The molecule has 0 fully saturated rings. The number of carbonyl (C=O) groups is 1. The molecular weight excluding hydrogens is 220 g/mol. The molecule has 1 N–H and O–H groups in total. The Hall–Kier alpha value is -1.47. The van der Waals surface area contributed by atoms with E-state index in [1.165, 1.54) is 11.8 Å². The number of nitrogens with zero attached hydrogens (tertiary/aromatic N) is 1. The molecule has 0 aliphatic carbocycles. The number of benzene rings is 1. The van der Waals surface area contributed by atoms with E-state index in [1.54, 1.807) is 0 Å². The van der Waals surface area contributed by atoms with Gasteiger partial charge in [0.15, 0.2) is 0 Å². The summed E-state index contributed by atoms with van der Waals surface area (Å²) in [6.45, 7) is 3.99. The van der Waals surface area contributed by atoms with Gasteiger partial charge in [-0.05, 0) is 31.0 Å². The van der Waals surface area contributed by atoms with Crippen LogP contribution in [0.5, 0.6) is 0 Å². The number of nitriles is 1. The van der Waals surface area contributed by atoms with Crippen molar-refractivity contribution >= 4 is 23.4 Å². The van der Waals surface area contributed by atoms with Crippen LogP contribution in [-0.2, 0) is 4.79 Å². The first-order chi connectivity index (χ1) is 7.65. The third kappa shape index (κ3) is 3.59. The van der Waals surface area contributed by atoms with Crippen LogP contribution in [0, 0.1) is 25.2 Å². The minimum absolute atomic E-state index is 0.0612. The largest absolute Gasteiger partial charge is 0.325 e. The number of nitrogens with one attached hydrogen (secondary N) is 1. The first kappa shape index (κ1) is 12.6. The Bertz CT molecular complexity index is 424. The van der Waals surface area contributed by atoms with Crippen molar-refractivity contribution in [2.24, 2.45) is 0 Å². The van der Waals surface area contributed by atoms with Gasteiger partial charge in [0.2, 0.25) is 5.91 Å². The van der Waals surface area contributed by atoms with Gasteiger partial charge in [-0.15, -0.1) is 11.8 Å². The third-order valence-corrected chi connectivity index (χ3v) is 3.08. The molecule has 0 saturated carbocycles. The molecule has 0 saturated heterocycles. The number of aryl methyl sites for hydroxylation is 1. The molecule has 0 bridgehead atoms. The predicted octanol–water partition coefficient (Wildman–Crippen LogP) is 2.50. The Morgan fingerprint density at radius 1 is 1.50 bits per heavy atom. The lowest BCUT2D eigenvalue weighted by atomic mass is 10.1. The average Bonchev–Trinajstić information content (AvgIpc) is 2.25. The minimum Gasteiger partial charge on any atom is -0.325 e. The van der Waals surface area contributed by atoms with Crippen LogP contribution >= 0.6 is 11.8 Å². The summed E-state index contributed by atoms with van der Waals surface area (Å²) < 4.78 is 0. The van der Waals surface area contributed by atoms with Crippen LogP contribution in [0.25, 0.3) is 0 Å². The molecule has 0 aromatic heterocycles. The highest BCUT2D eigenvalue weighted by atomic mass is 32.2. The zero-order valence-corrected chi connectivity index (χ0v) is 10.2. The molecule has 0 aliphatic rings. The van der Waals surface area contributed by atoms with Crippen molar-refractivity contribution < 1.29 is 4.79 Å². The van der Waals surface area contributed by atoms with Crippen molar-refractivity contribution in [3.63, 3.8) is 0 Å². The van der Waals surface area contributed by atoms with Gasteiger partial charge < -0.3 is 5.32 Å². The van der Waals surface area contributed by atoms with Crippen LogP contribution in [0.3, 0.4) is 0 Å². The van der Waals surface area contributed by atoms with Crippen molar-refractivity contribution in [1.29, 1.82) is 5.26 Å². The summed E-state index contributed by atoms with van der Waals surface area (Å²) in [5.74, 6) is 0.607. The van der Waals surface area contributed by atoms with Gasteiger partial charge in [-0.2, -0.15) is 5.26 Å². The maximum Gasteiger partial charge on any atom is 0.234 e. The van der Waals surface area contributed by atoms with Crippen LogP contribution in [0.1, 0.15) is 11.1 Å². The quantitative estimate of drug-likeness (QED) is 0.814. The maximum absolute atomic E-state index is 11.5. The van der Waals surface area contributed by atoms with Gasteiger partial charge in [0.25, 0.3) is 0 Å². The number of hydrogen-bond donors (Lipinski definition) is 1. The van der Waals surface area contributed by atoms with Crippen molar-refractivity contribution in [2.75, 3.05) is 16.8 Å². The molecule has 0 aliphatic heterocycles. The predicted molar refractivity (Wildman–Crippen MR) is 67.5 cm³/mol. The number of rotatable bonds is 4. The lowest BCUT2D eigenvalue weighted by Gasteiger charge is -2.09. The Kier molecular flexibility index (Phi) is 4.87. The van der Waals surface area contributed by atoms with E-state index in [4.69, 9.17) is 5.26 Å². The molecule has 1 amide bonds. The van der Waals surface area contributed by atoms with Crippen molar-refractivity contribution in [1.82, 2.24) is 0 Å². The lowest BCUT2D eigenvalue weighted by Crippen LogP contribution is -2.15. The molecule has 1 aromatic rings. The first-order valence-corrected chi connectivity index (χ1v) is 6.11. The number of hydrogen-bond acceptors (Lipinski definition) is 3. The molecule has 0 spiro atoms. The molecule has 0 unspecified atom stereocenters. The summed E-state index contributed by atoms with van der Waals surface area (Å²) in [6.07, 6.45) is 0. The van der Waals surface area contributed by atoms with Crippen LogP contribution in [0.2, 0.25) is 0 Å². The van der Waals surface area contributed by atoms with E-state index in [9.17, 15) is 4.79 Å². The second-order valence-corrected chi connectivity index (χ2v) is 4.43. The van der Waals surface area contributed by atoms with E-state index in [0.29, 0.717) is 11.5 Å². The van der Waals surface area contributed by atoms with Gasteiger partial charge in [0.05, 0.1) is 17.6 Å². The Morgan fingerprint density at radius 3 is 2.94 bits per heavy atom. The molecule has 0 heterocycles. The fourth-order valence-electron chi connectivity index (χ4n) is 1.26. The smallest absolute Gasteiger partial charge is 0.234 e. The highest BCUT2D eigenvalue weighted by molar-refractivity contribution is 8.00. The van der Waals surface area contributed by atoms with Crippen molar-refractivity contribution in [2.45, 2.75) is 13.8 Å². The lowest BCUT2D eigenvalue weighted by molar-refractivity contribution is -0.113. The zero-order valence-electron chi connectivity index (χ0n) is 9.41. The van der Waals surface area contributed by atoms with E-state index < -0.39 is 0 Å². The number of amides is 1. The van der Waals surface area contributed by atoms with Gasteiger partial charge >= 0.3 is 0 Å². The molecule has 0 radical (unpaired) electrons. The molecule has 0 atom stereocenters. The van der Waals surface area contributed by atoms with E-state index in [0.717, 1.165) is 16.8 Å². The summed E-state index contributed by atoms with van der Waals surface area (Å²) in [6, 6.07) is 7.80. The van der Waals surface area contributed by atoms with Gasteiger partial charge in [-0.3, -0.25) is 4.79 Å². The van der Waals surface area contributed by atoms with Crippen molar-refractivity contribution in [3.05, 3.63) is 29.3 Å². The van der Waals surface area contributed by atoms with E-state index >= 15 is 0 Å². The summed E-state index contributed by atoms with van der Waals surface area (Å²) in [7, 11) is 0. The summed E-state index contributed by atoms with van der Waals surface area (Å²) in [5.41, 5.74) is 3.09. The van der Waals surface area contributed by atoms with Gasteiger partial charge in [-0.25, -0.2) is 0 Å². The summed E-state index contributed by atoms with van der Waals surface area (Å²) in [4.78, 5) is 11.5. The van der Waals surface area contributed by atoms with E-state index in [-0.39, 0.29) is 5.91 Å². The molecule has 1 aromatic carbocycles. The Labute approximate surface area is 99.8 Å². The second kappa shape index (κ2) is 6.19. The SMILES string of the molecule is Cc1cccc(NC(=O)CSCC#N)c1C. The number of carbonyl (C=O) groups excluding carboxylic acids is 1. The van der Waals surface area contributed by atoms with Gasteiger partial charge in [0, 0.05) is 5.69 Å². The van der Waals surface area contributed by atoms with Crippen molar-refractivity contribution in [3.8, 4) is 6.07 Å². The number of thioether (sulfide) groups is 1. The molecule has 4 heteroatoms. The highest BCUT2D eigenvalue weighted by Crippen LogP contribution is 2.18. The summed E-state index contributed by atoms with van der Waals surface area (Å²) >= 11 is 1.32. The second-order valence-electron chi connectivity index (χ2n) is 3.45. The monoisotopic (exact) mass is 234 g/mol. The maximum atomic E-state index is 11.5. The van der Waals surface area contributed by atoms with Gasteiger partial charge in [-0.1, -0.05) is 12.1 Å². The van der Waals surface area contributed by atoms with Crippen LogP contribution in [0.4, 0.5) is 5.69 Å². The Morgan fingerprint density at radius 2 is 2.25 bits per heavy atom. The molecule has 3 nitrogen and oxygen atoms in total. The highest BCUT2D eigenvalue weighted by Gasteiger charge is 2.05. The van der Waals surface area contributed by atoms with Gasteiger partial charge in [0.1, 0.15) is 0 Å². The normalized spacial score (nSPS) is 9.56. The Balaban J connectivity index is 2.57.